The van der Waals surface area contributed by atoms with Gasteiger partial charge in [0.15, 0.2) is 5.11 Å². The summed E-state index contributed by atoms with van der Waals surface area (Å²) in [6.07, 6.45) is 0. The van der Waals surface area contributed by atoms with Crippen LogP contribution in [0.4, 0.5) is 5.69 Å². The molecule has 0 aliphatic heterocycles. The minimum Gasteiger partial charge on any atom is -0.356 e. The molecule has 2 aromatic carbocycles. The zero-order valence-electron chi connectivity index (χ0n) is 11.5. The molecule has 4 heteroatoms. The average molecular weight is 349 g/mol. The molecular formula is C16H17BrN2S. The molecule has 0 fully saturated rings. The molecule has 0 amide bonds. The van der Waals surface area contributed by atoms with Crippen LogP contribution in [0.1, 0.15) is 24.1 Å². The van der Waals surface area contributed by atoms with E-state index >= 15 is 0 Å². The largest absolute Gasteiger partial charge is 0.356 e. The first kappa shape index (κ1) is 15.0. The van der Waals surface area contributed by atoms with E-state index in [2.05, 4.69) is 64.7 Å². The summed E-state index contributed by atoms with van der Waals surface area (Å²) in [5, 5.41) is 7.11. The van der Waals surface area contributed by atoms with Crippen LogP contribution >= 0.6 is 28.1 Å². The molecule has 0 saturated carbocycles. The summed E-state index contributed by atoms with van der Waals surface area (Å²) in [5.41, 5.74) is 3.38. The molecule has 1 atom stereocenters. The summed E-state index contributed by atoms with van der Waals surface area (Å²) < 4.78 is 1.01. The van der Waals surface area contributed by atoms with Crippen molar-refractivity contribution in [1.29, 1.82) is 0 Å². The number of anilines is 1. The van der Waals surface area contributed by atoms with E-state index < -0.39 is 0 Å². The molecule has 0 aliphatic carbocycles. The Labute approximate surface area is 133 Å². The Kier molecular flexibility index (Phi) is 5.15. The number of rotatable bonds is 3. The van der Waals surface area contributed by atoms with Gasteiger partial charge in [0.1, 0.15) is 0 Å². The number of halogens is 1. The van der Waals surface area contributed by atoms with Crippen molar-refractivity contribution in [1.82, 2.24) is 5.32 Å². The third-order valence-corrected chi connectivity index (χ3v) is 3.90. The molecule has 2 N–H and O–H groups in total. The zero-order chi connectivity index (χ0) is 14.5. The summed E-state index contributed by atoms with van der Waals surface area (Å²) in [5.74, 6) is 0. The lowest BCUT2D eigenvalue weighted by Crippen LogP contribution is -2.31. The fraction of sp³-hybridized carbons (Fsp3) is 0.188. The Morgan fingerprint density at radius 3 is 2.50 bits per heavy atom. The van der Waals surface area contributed by atoms with Crippen molar-refractivity contribution in [3.63, 3.8) is 0 Å². The van der Waals surface area contributed by atoms with Gasteiger partial charge in [-0.1, -0.05) is 36.4 Å². The molecule has 0 bridgehead atoms. The Morgan fingerprint density at radius 1 is 1.15 bits per heavy atom. The molecule has 0 heterocycles. The SMILES string of the molecule is Cc1ccc(NC(=S)NC(C)c2ccccc2)c(Br)c1. The van der Waals surface area contributed by atoms with Crippen LogP contribution in [0, 0.1) is 6.92 Å². The number of hydrogen-bond donors (Lipinski definition) is 2. The van der Waals surface area contributed by atoms with Crippen LogP contribution in [0.5, 0.6) is 0 Å². The highest BCUT2D eigenvalue weighted by Gasteiger charge is 2.07. The molecular weight excluding hydrogens is 332 g/mol. The van der Waals surface area contributed by atoms with Crippen LogP contribution in [0.15, 0.2) is 53.0 Å². The standard InChI is InChI=1S/C16H17BrN2S/c1-11-8-9-15(14(17)10-11)19-16(20)18-12(2)13-6-4-3-5-7-13/h3-10,12H,1-2H3,(H2,18,19,20). The van der Waals surface area contributed by atoms with Gasteiger partial charge in [-0.2, -0.15) is 0 Å². The quantitative estimate of drug-likeness (QED) is 0.778. The molecule has 1 unspecified atom stereocenters. The normalized spacial score (nSPS) is 11.8. The second-order valence-corrected chi connectivity index (χ2v) is 5.98. The van der Waals surface area contributed by atoms with Crippen LogP contribution in [-0.2, 0) is 0 Å². The van der Waals surface area contributed by atoms with Gasteiger partial charge in [0.25, 0.3) is 0 Å². The third-order valence-electron chi connectivity index (χ3n) is 3.02. The Morgan fingerprint density at radius 2 is 1.85 bits per heavy atom. The highest BCUT2D eigenvalue weighted by molar-refractivity contribution is 9.10. The number of thiocarbonyl (C=S) groups is 1. The minimum atomic E-state index is 0.167. The van der Waals surface area contributed by atoms with E-state index in [9.17, 15) is 0 Å². The predicted octanol–water partition coefficient (Wildman–Crippen LogP) is 4.81. The maximum absolute atomic E-state index is 5.36. The molecule has 0 spiro atoms. The van der Waals surface area contributed by atoms with Crippen LogP contribution in [0.25, 0.3) is 0 Å². The summed E-state index contributed by atoms with van der Waals surface area (Å²) >= 11 is 8.90. The molecule has 20 heavy (non-hydrogen) atoms. The lowest BCUT2D eigenvalue weighted by atomic mass is 10.1. The topological polar surface area (TPSA) is 24.1 Å². The lowest BCUT2D eigenvalue weighted by molar-refractivity contribution is 0.722. The summed E-state index contributed by atoms with van der Waals surface area (Å²) in [7, 11) is 0. The molecule has 2 aromatic rings. The van der Waals surface area contributed by atoms with Gasteiger partial charge in [-0.05, 0) is 65.3 Å². The van der Waals surface area contributed by atoms with Gasteiger partial charge in [-0.3, -0.25) is 0 Å². The first-order chi connectivity index (χ1) is 9.56. The van der Waals surface area contributed by atoms with Gasteiger partial charge >= 0.3 is 0 Å². The smallest absolute Gasteiger partial charge is 0.171 e. The number of hydrogen-bond acceptors (Lipinski definition) is 1. The van der Waals surface area contributed by atoms with Crippen LogP contribution < -0.4 is 10.6 Å². The van der Waals surface area contributed by atoms with Gasteiger partial charge < -0.3 is 10.6 Å². The summed E-state index contributed by atoms with van der Waals surface area (Å²) in [6.45, 7) is 4.15. The van der Waals surface area contributed by atoms with Crippen molar-refractivity contribution >= 4 is 38.9 Å². The second kappa shape index (κ2) is 6.86. The number of benzene rings is 2. The third kappa shape index (κ3) is 4.05. The van der Waals surface area contributed by atoms with Gasteiger partial charge in [0.2, 0.25) is 0 Å². The molecule has 0 aliphatic rings. The first-order valence-electron chi connectivity index (χ1n) is 6.45. The maximum Gasteiger partial charge on any atom is 0.171 e. The van der Waals surface area contributed by atoms with Crippen molar-refractivity contribution in [2.45, 2.75) is 19.9 Å². The van der Waals surface area contributed by atoms with Crippen molar-refractivity contribution in [2.75, 3.05) is 5.32 Å². The molecule has 0 radical (unpaired) electrons. The molecule has 0 saturated heterocycles. The lowest BCUT2D eigenvalue weighted by Gasteiger charge is -2.18. The van der Waals surface area contributed by atoms with Crippen molar-refractivity contribution in [3.8, 4) is 0 Å². The summed E-state index contributed by atoms with van der Waals surface area (Å²) in [4.78, 5) is 0. The number of aryl methyl sites for hydroxylation is 1. The Hall–Kier alpha value is -1.39. The van der Waals surface area contributed by atoms with Gasteiger partial charge in [-0.25, -0.2) is 0 Å². The average Bonchev–Trinajstić information content (AvgIpc) is 2.43. The highest BCUT2D eigenvalue weighted by atomic mass is 79.9. The van der Waals surface area contributed by atoms with E-state index in [1.807, 2.05) is 24.3 Å². The fourth-order valence-corrected chi connectivity index (χ4v) is 2.78. The van der Waals surface area contributed by atoms with E-state index in [1.165, 1.54) is 11.1 Å². The molecule has 2 nitrogen and oxygen atoms in total. The van der Waals surface area contributed by atoms with E-state index in [1.54, 1.807) is 0 Å². The molecule has 104 valence electrons. The fourth-order valence-electron chi connectivity index (χ4n) is 1.90. The monoisotopic (exact) mass is 348 g/mol. The Bertz CT molecular complexity index is 599. The molecule has 0 aromatic heterocycles. The van der Waals surface area contributed by atoms with Crippen LogP contribution in [0.2, 0.25) is 0 Å². The predicted molar refractivity (Wildman–Crippen MR) is 93.1 cm³/mol. The van der Waals surface area contributed by atoms with Crippen molar-refractivity contribution in [3.05, 3.63) is 64.1 Å². The van der Waals surface area contributed by atoms with Crippen LogP contribution in [-0.4, -0.2) is 5.11 Å². The van der Waals surface area contributed by atoms with Gasteiger partial charge in [-0.15, -0.1) is 0 Å². The van der Waals surface area contributed by atoms with Crippen LogP contribution in [0.3, 0.4) is 0 Å². The van der Waals surface area contributed by atoms with E-state index in [0.29, 0.717) is 5.11 Å². The van der Waals surface area contributed by atoms with Gasteiger partial charge in [0, 0.05) is 4.47 Å². The van der Waals surface area contributed by atoms with Gasteiger partial charge in [0.05, 0.1) is 11.7 Å². The minimum absolute atomic E-state index is 0.167. The van der Waals surface area contributed by atoms with E-state index in [-0.39, 0.29) is 6.04 Å². The zero-order valence-corrected chi connectivity index (χ0v) is 13.9. The second-order valence-electron chi connectivity index (χ2n) is 4.71. The maximum atomic E-state index is 5.36. The van der Waals surface area contributed by atoms with E-state index in [4.69, 9.17) is 12.2 Å². The highest BCUT2D eigenvalue weighted by Crippen LogP contribution is 2.23. The number of nitrogens with one attached hydrogen (secondary N) is 2. The molecule has 2 rings (SSSR count). The van der Waals surface area contributed by atoms with Crippen molar-refractivity contribution < 1.29 is 0 Å². The van der Waals surface area contributed by atoms with E-state index in [0.717, 1.165) is 10.2 Å². The Balaban J connectivity index is 1.99. The van der Waals surface area contributed by atoms with Crippen molar-refractivity contribution in [2.24, 2.45) is 0 Å². The summed E-state index contributed by atoms with van der Waals surface area (Å²) in [6, 6.07) is 16.5. The first-order valence-corrected chi connectivity index (χ1v) is 7.65.